The lowest BCUT2D eigenvalue weighted by atomic mass is 10.1. The van der Waals surface area contributed by atoms with Crippen molar-refractivity contribution in [2.75, 3.05) is 20.3 Å². The van der Waals surface area contributed by atoms with Crippen LogP contribution < -0.4 is 5.32 Å². The van der Waals surface area contributed by atoms with Crippen molar-refractivity contribution >= 4 is 17.5 Å². The van der Waals surface area contributed by atoms with Gasteiger partial charge in [0.2, 0.25) is 0 Å². The molecule has 0 unspecified atom stereocenters. The van der Waals surface area contributed by atoms with E-state index in [-0.39, 0.29) is 5.91 Å². The first-order valence-electron chi connectivity index (χ1n) is 6.19. The molecular formula is C15H15ClN2O2. The van der Waals surface area contributed by atoms with Crippen LogP contribution in [0.1, 0.15) is 10.4 Å². The molecule has 1 heterocycles. The van der Waals surface area contributed by atoms with Crippen molar-refractivity contribution in [1.29, 1.82) is 0 Å². The van der Waals surface area contributed by atoms with Crippen molar-refractivity contribution in [1.82, 2.24) is 10.3 Å². The molecule has 1 N–H and O–H groups in total. The van der Waals surface area contributed by atoms with Crippen LogP contribution in [0, 0.1) is 0 Å². The van der Waals surface area contributed by atoms with Crippen molar-refractivity contribution in [3.05, 3.63) is 53.3 Å². The van der Waals surface area contributed by atoms with Gasteiger partial charge in [0.1, 0.15) is 0 Å². The molecule has 0 radical (unpaired) electrons. The number of halogens is 1. The van der Waals surface area contributed by atoms with E-state index in [0.29, 0.717) is 23.7 Å². The standard InChI is InChI=1S/C15H15ClN2O2/c1-20-6-5-18-15(19)13-7-12(9-17-10-13)11-3-2-4-14(16)8-11/h2-4,7-10H,5-6H2,1H3,(H,18,19). The molecule has 0 bridgehead atoms. The molecule has 1 aromatic heterocycles. The molecule has 0 aliphatic carbocycles. The Hall–Kier alpha value is -1.91. The van der Waals surface area contributed by atoms with E-state index in [0.717, 1.165) is 11.1 Å². The Morgan fingerprint density at radius 2 is 2.15 bits per heavy atom. The maximum Gasteiger partial charge on any atom is 0.252 e. The molecular weight excluding hydrogens is 276 g/mol. The van der Waals surface area contributed by atoms with Crippen molar-refractivity contribution in [3.8, 4) is 11.1 Å². The number of ether oxygens (including phenoxy) is 1. The van der Waals surface area contributed by atoms with Gasteiger partial charge in [-0.05, 0) is 23.8 Å². The first-order chi connectivity index (χ1) is 9.70. The molecule has 0 aliphatic rings. The zero-order valence-corrected chi connectivity index (χ0v) is 11.9. The molecule has 0 spiro atoms. The second-order valence-electron chi connectivity index (χ2n) is 4.22. The van der Waals surface area contributed by atoms with Gasteiger partial charge in [-0.2, -0.15) is 0 Å². The topological polar surface area (TPSA) is 51.2 Å². The molecule has 1 aromatic carbocycles. The lowest BCUT2D eigenvalue weighted by molar-refractivity contribution is 0.0937. The third-order valence-corrected chi connectivity index (χ3v) is 2.99. The van der Waals surface area contributed by atoms with Gasteiger partial charge in [0.25, 0.3) is 5.91 Å². The van der Waals surface area contributed by atoms with E-state index in [9.17, 15) is 4.79 Å². The fourth-order valence-electron chi connectivity index (χ4n) is 1.76. The number of hydrogen-bond acceptors (Lipinski definition) is 3. The van der Waals surface area contributed by atoms with Gasteiger partial charge in [0, 0.05) is 36.6 Å². The van der Waals surface area contributed by atoms with E-state index in [1.807, 2.05) is 18.2 Å². The predicted octanol–water partition coefficient (Wildman–Crippen LogP) is 2.78. The largest absolute Gasteiger partial charge is 0.383 e. The van der Waals surface area contributed by atoms with Gasteiger partial charge in [-0.25, -0.2) is 0 Å². The number of carbonyl (C=O) groups is 1. The highest BCUT2D eigenvalue weighted by Gasteiger charge is 2.07. The van der Waals surface area contributed by atoms with Crippen LogP contribution in [0.15, 0.2) is 42.7 Å². The molecule has 20 heavy (non-hydrogen) atoms. The van der Waals surface area contributed by atoms with Crippen LogP contribution in [0.4, 0.5) is 0 Å². The minimum Gasteiger partial charge on any atom is -0.383 e. The number of carbonyl (C=O) groups excluding carboxylic acids is 1. The highest BCUT2D eigenvalue weighted by molar-refractivity contribution is 6.30. The van der Waals surface area contributed by atoms with E-state index < -0.39 is 0 Å². The maximum absolute atomic E-state index is 11.9. The number of nitrogens with zero attached hydrogens (tertiary/aromatic N) is 1. The lowest BCUT2D eigenvalue weighted by Gasteiger charge is -2.06. The summed E-state index contributed by atoms with van der Waals surface area (Å²) < 4.78 is 4.89. The number of nitrogens with one attached hydrogen (secondary N) is 1. The second kappa shape index (κ2) is 7.03. The van der Waals surface area contributed by atoms with Crippen LogP contribution in [0.5, 0.6) is 0 Å². The van der Waals surface area contributed by atoms with Gasteiger partial charge in [-0.3, -0.25) is 9.78 Å². The van der Waals surface area contributed by atoms with Gasteiger partial charge >= 0.3 is 0 Å². The Labute approximate surface area is 122 Å². The van der Waals surface area contributed by atoms with E-state index in [4.69, 9.17) is 16.3 Å². The number of hydrogen-bond donors (Lipinski definition) is 1. The second-order valence-corrected chi connectivity index (χ2v) is 4.66. The Morgan fingerprint density at radius 1 is 1.30 bits per heavy atom. The molecule has 0 atom stereocenters. The maximum atomic E-state index is 11.9. The zero-order chi connectivity index (χ0) is 14.4. The minimum absolute atomic E-state index is 0.168. The van der Waals surface area contributed by atoms with E-state index in [1.54, 1.807) is 25.4 Å². The van der Waals surface area contributed by atoms with E-state index >= 15 is 0 Å². The smallest absolute Gasteiger partial charge is 0.252 e. The Bertz CT molecular complexity index is 602. The van der Waals surface area contributed by atoms with Crippen LogP contribution >= 0.6 is 11.6 Å². The average Bonchev–Trinajstić information content (AvgIpc) is 2.47. The molecule has 104 valence electrons. The van der Waals surface area contributed by atoms with Crippen LogP contribution in [-0.4, -0.2) is 31.2 Å². The molecule has 0 fully saturated rings. The quantitative estimate of drug-likeness (QED) is 0.862. The number of rotatable bonds is 5. The monoisotopic (exact) mass is 290 g/mol. The highest BCUT2D eigenvalue weighted by Crippen LogP contribution is 2.22. The molecule has 0 saturated heterocycles. The molecule has 2 rings (SSSR count). The number of benzene rings is 1. The van der Waals surface area contributed by atoms with Crippen LogP contribution in [-0.2, 0) is 4.74 Å². The van der Waals surface area contributed by atoms with Crippen LogP contribution in [0.2, 0.25) is 5.02 Å². The fraction of sp³-hybridized carbons (Fsp3) is 0.200. The normalized spacial score (nSPS) is 10.3. The van der Waals surface area contributed by atoms with Gasteiger partial charge in [-0.15, -0.1) is 0 Å². The van der Waals surface area contributed by atoms with E-state index in [1.165, 1.54) is 6.20 Å². The summed E-state index contributed by atoms with van der Waals surface area (Å²) in [5, 5.41) is 3.41. The van der Waals surface area contributed by atoms with Gasteiger partial charge in [0.15, 0.2) is 0 Å². The van der Waals surface area contributed by atoms with Gasteiger partial charge in [-0.1, -0.05) is 23.7 Å². The number of amides is 1. The molecule has 0 saturated carbocycles. The zero-order valence-electron chi connectivity index (χ0n) is 11.1. The molecule has 1 amide bonds. The number of aromatic nitrogens is 1. The molecule has 4 nitrogen and oxygen atoms in total. The Morgan fingerprint density at radius 3 is 2.90 bits per heavy atom. The molecule has 0 aliphatic heterocycles. The predicted molar refractivity (Wildman–Crippen MR) is 78.9 cm³/mol. The number of pyridine rings is 1. The van der Waals surface area contributed by atoms with Crippen LogP contribution in [0.3, 0.4) is 0 Å². The van der Waals surface area contributed by atoms with Crippen molar-refractivity contribution < 1.29 is 9.53 Å². The summed E-state index contributed by atoms with van der Waals surface area (Å²) in [6.45, 7) is 0.948. The summed E-state index contributed by atoms with van der Waals surface area (Å²) in [4.78, 5) is 16.0. The Balaban J connectivity index is 2.17. The van der Waals surface area contributed by atoms with Crippen LogP contribution in [0.25, 0.3) is 11.1 Å². The first-order valence-corrected chi connectivity index (χ1v) is 6.56. The van der Waals surface area contributed by atoms with Gasteiger partial charge in [0.05, 0.1) is 12.2 Å². The molecule has 2 aromatic rings. The summed E-state index contributed by atoms with van der Waals surface area (Å²) in [5.74, 6) is -0.168. The summed E-state index contributed by atoms with van der Waals surface area (Å²) in [5.41, 5.74) is 2.29. The lowest BCUT2D eigenvalue weighted by Crippen LogP contribution is -2.27. The minimum atomic E-state index is -0.168. The third-order valence-electron chi connectivity index (χ3n) is 2.75. The third kappa shape index (κ3) is 3.79. The van der Waals surface area contributed by atoms with Crippen molar-refractivity contribution in [2.24, 2.45) is 0 Å². The average molecular weight is 291 g/mol. The van der Waals surface area contributed by atoms with E-state index in [2.05, 4.69) is 10.3 Å². The highest BCUT2D eigenvalue weighted by atomic mass is 35.5. The van der Waals surface area contributed by atoms with Gasteiger partial charge < -0.3 is 10.1 Å². The van der Waals surface area contributed by atoms with Crippen molar-refractivity contribution in [2.45, 2.75) is 0 Å². The number of methoxy groups -OCH3 is 1. The fourth-order valence-corrected chi connectivity index (χ4v) is 1.95. The van der Waals surface area contributed by atoms with Crippen molar-refractivity contribution in [3.63, 3.8) is 0 Å². The summed E-state index contributed by atoms with van der Waals surface area (Å²) in [6, 6.07) is 9.23. The summed E-state index contributed by atoms with van der Waals surface area (Å²) in [7, 11) is 1.59. The first kappa shape index (κ1) is 14.5. The Kier molecular flexibility index (Phi) is 5.09. The molecule has 5 heteroatoms. The summed E-state index contributed by atoms with van der Waals surface area (Å²) >= 11 is 5.97. The summed E-state index contributed by atoms with van der Waals surface area (Å²) in [6.07, 6.45) is 3.24. The SMILES string of the molecule is COCCNC(=O)c1cncc(-c2cccc(Cl)c2)c1.